The number of carboxylic acid groups (broad SMARTS) is 1. The molecule has 0 bridgehead atoms. The van der Waals surface area contributed by atoms with Gasteiger partial charge in [-0.15, -0.1) is 0 Å². The average molecular weight is 565 g/mol. The third-order valence-electron chi connectivity index (χ3n) is 6.46. The summed E-state index contributed by atoms with van der Waals surface area (Å²) >= 11 is 0. The van der Waals surface area contributed by atoms with Crippen molar-refractivity contribution in [2.24, 2.45) is 0 Å². The summed E-state index contributed by atoms with van der Waals surface area (Å²) in [5.41, 5.74) is 3.33. The van der Waals surface area contributed by atoms with E-state index in [0.29, 0.717) is 36.6 Å². The summed E-state index contributed by atoms with van der Waals surface area (Å²) in [4.78, 5) is 59.8. The molecule has 0 aliphatic carbocycles. The smallest absolute Gasteiger partial charge is 0.321 e. The van der Waals surface area contributed by atoms with Gasteiger partial charge >= 0.3 is 6.03 Å². The van der Waals surface area contributed by atoms with E-state index in [9.17, 15) is 14.4 Å². The summed E-state index contributed by atoms with van der Waals surface area (Å²) in [6, 6.07) is 10.8. The molecule has 0 radical (unpaired) electrons. The van der Waals surface area contributed by atoms with Crippen LogP contribution in [-0.4, -0.2) is 88.5 Å². The predicted molar refractivity (Wildman–Crippen MR) is 154 cm³/mol. The second kappa shape index (κ2) is 13.4. The summed E-state index contributed by atoms with van der Waals surface area (Å²) < 4.78 is 2.11. The van der Waals surface area contributed by atoms with Gasteiger partial charge in [0.25, 0.3) is 18.3 Å². The number of urea groups is 1. The lowest BCUT2D eigenvalue weighted by molar-refractivity contribution is -0.122. The molecule has 13 nitrogen and oxygen atoms in total. The second-order valence-corrected chi connectivity index (χ2v) is 9.97. The molecule has 0 fully saturated rings. The first-order chi connectivity index (χ1) is 19.5. The van der Waals surface area contributed by atoms with Gasteiger partial charge < -0.3 is 35.0 Å². The molecule has 0 spiro atoms. The molecule has 13 heteroatoms. The molecular weight excluding hydrogens is 528 g/mol. The molecule has 4 rings (SSSR count). The molecule has 4 amide bonds. The lowest BCUT2D eigenvalue weighted by Gasteiger charge is -2.34. The molecule has 2 aromatic heterocycles. The van der Waals surface area contributed by atoms with Gasteiger partial charge in [0.2, 0.25) is 0 Å². The molecule has 3 N–H and O–H groups in total. The fraction of sp³-hybridized carbons (Fsp3) is 0.357. The minimum Gasteiger partial charge on any atom is -0.483 e. The minimum absolute atomic E-state index is 0.0857. The quantitative estimate of drug-likeness (QED) is 0.386. The number of nitrogens with one attached hydrogen (secondary N) is 2. The number of benzene rings is 1. The van der Waals surface area contributed by atoms with Crippen LogP contribution in [0.4, 0.5) is 16.3 Å². The monoisotopic (exact) mass is 564 g/mol. The first kappa shape index (κ1) is 30.6. The van der Waals surface area contributed by atoms with Crippen LogP contribution in [0.5, 0.6) is 0 Å². The van der Waals surface area contributed by atoms with Gasteiger partial charge in [-0.25, -0.2) is 14.8 Å². The van der Waals surface area contributed by atoms with Gasteiger partial charge in [0.1, 0.15) is 11.6 Å². The van der Waals surface area contributed by atoms with E-state index in [1.165, 1.54) is 9.80 Å². The number of anilines is 2. The topological polar surface area (TPSA) is 153 Å². The Bertz CT molecular complexity index is 1380. The molecule has 3 heterocycles. The Morgan fingerprint density at radius 1 is 1.07 bits per heavy atom. The highest BCUT2D eigenvalue weighted by Gasteiger charge is 2.30. The van der Waals surface area contributed by atoms with Crippen LogP contribution in [0.25, 0.3) is 0 Å². The Balaban J connectivity index is 0.00000147. The van der Waals surface area contributed by atoms with Gasteiger partial charge in [-0.2, -0.15) is 0 Å². The zero-order valence-electron chi connectivity index (χ0n) is 24.1. The summed E-state index contributed by atoms with van der Waals surface area (Å²) in [6.07, 6.45) is 1.59. The predicted octanol–water partition coefficient (Wildman–Crippen LogP) is 2.59. The van der Waals surface area contributed by atoms with Gasteiger partial charge in [0.15, 0.2) is 5.69 Å². The maximum Gasteiger partial charge on any atom is 0.321 e. The normalized spacial score (nSPS) is 13.7. The lowest BCUT2D eigenvalue weighted by atomic mass is 10.1. The van der Waals surface area contributed by atoms with E-state index in [1.807, 2.05) is 25.1 Å². The van der Waals surface area contributed by atoms with Gasteiger partial charge in [-0.05, 0) is 43.7 Å². The zero-order valence-corrected chi connectivity index (χ0v) is 24.1. The third kappa shape index (κ3) is 7.38. The van der Waals surface area contributed by atoms with Crippen LogP contribution in [0.15, 0.2) is 42.6 Å². The number of nitrogens with zero attached hydrogens (tertiary/aromatic N) is 6. The fourth-order valence-corrected chi connectivity index (χ4v) is 4.49. The van der Waals surface area contributed by atoms with Crippen LogP contribution >= 0.6 is 0 Å². The van der Waals surface area contributed by atoms with E-state index in [4.69, 9.17) is 9.90 Å². The first-order valence-corrected chi connectivity index (χ1v) is 12.9. The maximum absolute atomic E-state index is 13.2. The number of aromatic nitrogens is 3. The molecule has 0 saturated carbocycles. The Kier molecular flexibility index (Phi) is 10.0. The van der Waals surface area contributed by atoms with Crippen molar-refractivity contribution in [1.82, 2.24) is 29.7 Å². The summed E-state index contributed by atoms with van der Waals surface area (Å²) in [7, 11) is 6.77. The van der Waals surface area contributed by atoms with Crippen molar-refractivity contribution in [2.75, 3.05) is 45.0 Å². The summed E-state index contributed by atoms with van der Waals surface area (Å²) in [5.74, 6) is 1.18. The highest BCUT2D eigenvalue weighted by Crippen LogP contribution is 2.29. The highest BCUT2D eigenvalue weighted by atomic mass is 16.3. The minimum atomic E-state index is -0.250. The van der Waals surface area contributed by atoms with E-state index >= 15 is 0 Å². The highest BCUT2D eigenvalue weighted by molar-refractivity contribution is 5.94. The van der Waals surface area contributed by atoms with Gasteiger partial charge in [0, 0.05) is 59.2 Å². The number of fused-ring (bicyclic) bond motifs is 1. The molecule has 1 aliphatic rings. The average Bonchev–Trinajstić information content (AvgIpc) is 3.29. The van der Waals surface area contributed by atoms with Gasteiger partial charge in [0.05, 0.1) is 17.8 Å². The van der Waals surface area contributed by atoms with Crippen molar-refractivity contribution in [3.05, 3.63) is 70.9 Å². The number of rotatable bonds is 6. The molecule has 1 aliphatic heterocycles. The van der Waals surface area contributed by atoms with E-state index in [2.05, 4.69) is 37.0 Å². The lowest BCUT2D eigenvalue weighted by Crippen LogP contribution is -2.38. The van der Waals surface area contributed by atoms with E-state index < -0.39 is 0 Å². The summed E-state index contributed by atoms with van der Waals surface area (Å²) in [6.45, 7) is 5.26. The van der Waals surface area contributed by atoms with Crippen molar-refractivity contribution in [3.63, 3.8) is 0 Å². The molecule has 1 aromatic carbocycles. The van der Waals surface area contributed by atoms with Crippen LogP contribution in [0.1, 0.15) is 50.9 Å². The number of carbonyl (C=O) groups excluding carboxylic acids is 3. The Labute approximate surface area is 238 Å². The SMILES string of the molecule is Cc1nc(C(=O)NCc2ccc(NC(=O)N(C)C)cc2)c2n1[C@H](C)CN(c1ccc(C(=O)N(C)C)cn1)C2.O=CO. The number of hydrogen-bond acceptors (Lipinski definition) is 7. The number of hydrogen-bond donors (Lipinski definition) is 3. The Morgan fingerprint density at radius 3 is 2.29 bits per heavy atom. The second-order valence-electron chi connectivity index (χ2n) is 9.97. The number of pyridine rings is 1. The first-order valence-electron chi connectivity index (χ1n) is 12.9. The zero-order chi connectivity index (χ0) is 30.3. The third-order valence-corrected chi connectivity index (χ3v) is 6.46. The van der Waals surface area contributed by atoms with Crippen LogP contribution in [0, 0.1) is 6.92 Å². The molecule has 3 aromatic rings. The number of carbonyl (C=O) groups is 4. The largest absolute Gasteiger partial charge is 0.483 e. The molecule has 0 saturated heterocycles. The fourth-order valence-electron chi connectivity index (χ4n) is 4.49. The van der Waals surface area contributed by atoms with Crippen LogP contribution < -0.4 is 15.5 Å². The number of imidazole rings is 1. The van der Waals surface area contributed by atoms with E-state index in [0.717, 1.165) is 22.9 Å². The van der Waals surface area contributed by atoms with E-state index in [1.54, 1.807) is 52.6 Å². The van der Waals surface area contributed by atoms with Crippen LogP contribution in [-0.2, 0) is 17.9 Å². The Morgan fingerprint density at radius 2 is 1.73 bits per heavy atom. The molecule has 218 valence electrons. The van der Waals surface area contributed by atoms with Crippen molar-refractivity contribution < 1.29 is 24.3 Å². The Hall–Kier alpha value is -4.94. The van der Waals surface area contributed by atoms with Crippen molar-refractivity contribution in [1.29, 1.82) is 0 Å². The molecule has 0 unspecified atom stereocenters. The van der Waals surface area contributed by atoms with Crippen molar-refractivity contribution >= 4 is 35.8 Å². The molecule has 1 atom stereocenters. The van der Waals surface area contributed by atoms with Gasteiger partial charge in [-0.3, -0.25) is 14.4 Å². The van der Waals surface area contributed by atoms with Crippen molar-refractivity contribution in [3.8, 4) is 0 Å². The maximum atomic E-state index is 13.2. The van der Waals surface area contributed by atoms with Crippen LogP contribution in [0.2, 0.25) is 0 Å². The van der Waals surface area contributed by atoms with Crippen molar-refractivity contribution in [2.45, 2.75) is 33.0 Å². The molecule has 41 heavy (non-hydrogen) atoms. The van der Waals surface area contributed by atoms with Gasteiger partial charge in [-0.1, -0.05) is 12.1 Å². The van der Waals surface area contributed by atoms with Crippen LogP contribution in [0.3, 0.4) is 0 Å². The number of aryl methyl sites for hydroxylation is 1. The number of amides is 4. The standard InChI is InChI=1S/C27H34N8O3.CH2O2/c1-17-15-34(23-12-9-20(14-28-23)26(37)32(3)4)16-22-24(30-18(2)35(17)22)25(36)29-13-19-7-10-21(11-8-19)31-27(38)33(5)6;2-1-3/h7-12,14,17H,13,15-16H2,1-6H3,(H,29,36)(H,31,38);1H,(H,2,3)/t17-;/m1./s1. The van der Waals surface area contributed by atoms with E-state index in [-0.39, 0.29) is 30.4 Å². The molecular formula is C28H36N8O5. The summed E-state index contributed by atoms with van der Waals surface area (Å²) in [5, 5.41) is 12.6.